The fourth-order valence-corrected chi connectivity index (χ4v) is 4.96. The van der Waals surface area contributed by atoms with Crippen molar-refractivity contribution < 1.29 is 22.4 Å². The lowest BCUT2D eigenvalue weighted by Gasteiger charge is -2.36. The molecule has 1 heterocycles. The summed E-state index contributed by atoms with van der Waals surface area (Å²) in [6.45, 7) is 1.39. The molecular weight excluding hydrogens is 407 g/mol. The first kappa shape index (κ1) is 19.8. The Labute approximate surface area is 173 Å². The topological polar surface area (TPSA) is 74.8 Å². The summed E-state index contributed by atoms with van der Waals surface area (Å²) in [7, 11) is -4.17. The third-order valence-corrected chi connectivity index (χ3v) is 6.57. The predicted molar refractivity (Wildman–Crippen MR) is 111 cm³/mol. The number of carbonyl (C=O) groups excluding carboxylic acids is 2. The Bertz CT molecular complexity index is 1260. The Morgan fingerprint density at radius 3 is 2.33 bits per heavy atom. The zero-order chi connectivity index (χ0) is 21.5. The number of anilines is 2. The molecular formula is C22H17FN2O4S. The van der Waals surface area contributed by atoms with E-state index in [4.69, 9.17) is 0 Å². The average Bonchev–Trinajstić information content (AvgIpc) is 2.71. The molecule has 2 amide bonds. The second-order valence-electron chi connectivity index (χ2n) is 6.84. The predicted octanol–water partition coefficient (Wildman–Crippen LogP) is 4.36. The van der Waals surface area contributed by atoms with Gasteiger partial charge in [-0.3, -0.25) is 9.69 Å². The van der Waals surface area contributed by atoms with E-state index in [1.807, 2.05) is 0 Å². The highest BCUT2D eigenvalue weighted by Gasteiger charge is 2.42. The number of carbonyl (C=O) groups is 2. The second kappa shape index (κ2) is 7.38. The van der Waals surface area contributed by atoms with Gasteiger partial charge in [-0.2, -0.15) is 4.31 Å². The monoisotopic (exact) mass is 424 g/mol. The fraction of sp³-hybridized carbons (Fsp3) is 0.0909. The van der Waals surface area contributed by atoms with Crippen LogP contribution in [0.15, 0.2) is 77.7 Å². The summed E-state index contributed by atoms with van der Waals surface area (Å²) in [6.07, 6.45) is 0. The van der Waals surface area contributed by atoms with Crippen LogP contribution in [0.5, 0.6) is 0 Å². The van der Waals surface area contributed by atoms with E-state index in [0.717, 1.165) is 0 Å². The van der Waals surface area contributed by atoms with E-state index in [2.05, 4.69) is 0 Å². The van der Waals surface area contributed by atoms with Crippen LogP contribution in [0.3, 0.4) is 0 Å². The Morgan fingerprint density at radius 2 is 1.67 bits per heavy atom. The summed E-state index contributed by atoms with van der Waals surface area (Å²) in [5.74, 6) is -0.623. The van der Waals surface area contributed by atoms with Crippen LogP contribution < -0.4 is 9.21 Å². The van der Waals surface area contributed by atoms with Gasteiger partial charge in [0.05, 0.1) is 17.9 Å². The Kier molecular flexibility index (Phi) is 4.87. The molecule has 1 aliphatic rings. The number of Topliss-reactive ketones (excluding diaryl/α,β-unsaturated/α-hetero) is 1. The number of hydrogen-bond donors (Lipinski definition) is 0. The number of fused-ring (bicyclic) bond motifs is 1. The smallest absolute Gasteiger partial charge is 0.295 e. The number of hydrogen-bond acceptors (Lipinski definition) is 4. The van der Waals surface area contributed by atoms with Crippen LogP contribution in [0, 0.1) is 5.82 Å². The molecule has 0 aromatic heterocycles. The van der Waals surface area contributed by atoms with Crippen LogP contribution in [-0.4, -0.2) is 20.2 Å². The highest BCUT2D eigenvalue weighted by Crippen LogP contribution is 2.38. The molecule has 0 aliphatic carbocycles. The lowest BCUT2D eigenvalue weighted by molar-refractivity contribution is 0.101. The second-order valence-corrected chi connectivity index (χ2v) is 8.59. The number of amides is 2. The van der Waals surface area contributed by atoms with Crippen molar-refractivity contribution in [3.05, 3.63) is 89.7 Å². The highest BCUT2D eigenvalue weighted by molar-refractivity contribution is 7.94. The van der Waals surface area contributed by atoms with Crippen LogP contribution in [-0.2, 0) is 16.6 Å². The Morgan fingerprint density at radius 1 is 0.967 bits per heavy atom. The molecule has 6 nitrogen and oxygen atoms in total. The minimum absolute atomic E-state index is 0.00877. The molecule has 30 heavy (non-hydrogen) atoms. The van der Waals surface area contributed by atoms with E-state index in [0.29, 0.717) is 15.4 Å². The normalized spacial score (nSPS) is 15.1. The fourth-order valence-electron chi connectivity index (χ4n) is 3.36. The van der Waals surface area contributed by atoms with Gasteiger partial charge in [0, 0.05) is 5.56 Å². The van der Waals surface area contributed by atoms with Crippen LogP contribution in [0.25, 0.3) is 0 Å². The lowest BCUT2D eigenvalue weighted by Crippen LogP contribution is -2.50. The quantitative estimate of drug-likeness (QED) is 0.583. The number of nitrogens with zero attached hydrogens (tertiary/aromatic N) is 2. The van der Waals surface area contributed by atoms with E-state index >= 15 is 0 Å². The first-order valence-electron chi connectivity index (χ1n) is 9.10. The Hall–Kier alpha value is -3.52. The molecule has 0 atom stereocenters. The maximum atomic E-state index is 13.6. The van der Waals surface area contributed by atoms with E-state index in [-0.39, 0.29) is 28.6 Å². The molecule has 1 aliphatic heterocycles. The van der Waals surface area contributed by atoms with E-state index in [9.17, 15) is 22.4 Å². The van der Waals surface area contributed by atoms with Gasteiger partial charge in [0.2, 0.25) is 0 Å². The van der Waals surface area contributed by atoms with Gasteiger partial charge >= 0.3 is 6.03 Å². The molecule has 152 valence electrons. The molecule has 4 rings (SSSR count). The van der Waals surface area contributed by atoms with Crippen molar-refractivity contribution in [3.8, 4) is 0 Å². The summed E-state index contributed by atoms with van der Waals surface area (Å²) in [5, 5.41) is 0. The Balaban J connectivity index is 1.84. The van der Waals surface area contributed by atoms with Crippen molar-refractivity contribution in [2.24, 2.45) is 0 Å². The molecule has 0 spiro atoms. The summed E-state index contributed by atoms with van der Waals surface area (Å²) in [4.78, 5) is 26.1. The maximum absolute atomic E-state index is 13.6. The number of urea groups is 1. The van der Waals surface area contributed by atoms with Gasteiger partial charge in [-0.05, 0) is 61.0 Å². The largest absolute Gasteiger partial charge is 0.343 e. The molecule has 0 bridgehead atoms. The van der Waals surface area contributed by atoms with E-state index in [1.165, 1.54) is 60.4 Å². The van der Waals surface area contributed by atoms with Crippen molar-refractivity contribution in [1.29, 1.82) is 0 Å². The zero-order valence-electron chi connectivity index (χ0n) is 15.9. The number of ketones is 1. The summed E-state index contributed by atoms with van der Waals surface area (Å²) in [5.41, 5.74) is 1.26. The standard InChI is InChI=1S/C22H17FN2O4S/c1-15(26)17-9-11-19(12-10-17)25-22(27)24(14-16-5-4-6-18(23)13-16)20-7-2-3-8-21(20)30(25,28)29/h2-13H,14H2,1H3. The van der Waals surface area contributed by atoms with Gasteiger partial charge in [-0.25, -0.2) is 17.6 Å². The van der Waals surface area contributed by atoms with Gasteiger partial charge in [0.25, 0.3) is 10.0 Å². The molecule has 0 radical (unpaired) electrons. The van der Waals surface area contributed by atoms with Gasteiger partial charge in [0.15, 0.2) is 5.78 Å². The molecule has 3 aromatic rings. The van der Waals surface area contributed by atoms with Gasteiger partial charge in [0.1, 0.15) is 10.7 Å². The third-order valence-electron chi connectivity index (χ3n) is 4.82. The van der Waals surface area contributed by atoms with Gasteiger partial charge < -0.3 is 0 Å². The first-order valence-corrected chi connectivity index (χ1v) is 10.5. The van der Waals surface area contributed by atoms with Crippen molar-refractivity contribution in [2.75, 3.05) is 9.21 Å². The zero-order valence-corrected chi connectivity index (χ0v) is 16.8. The van der Waals surface area contributed by atoms with Gasteiger partial charge in [-0.1, -0.05) is 24.3 Å². The van der Waals surface area contributed by atoms with Crippen LogP contribution in [0.2, 0.25) is 0 Å². The molecule has 0 saturated heterocycles. The van der Waals surface area contributed by atoms with Gasteiger partial charge in [-0.15, -0.1) is 0 Å². The van der Waals surface area contributed by atoms with Crippen LogP contribution >= 0.6 is 0 Å². The summed E-state index contributed by atoms with van der Waals surface area (Å²) in [6, 6.07) is 16.9. The minimum atomic E-state index is -4.17. The number of benzene rings is 3. The van der Waals surface area contributed by atoms with Crippen LogP contribution in [0.1, 0.15) is 22.8 Å². The van der Waals surface area contributed by atoms with E-state index < -0.39 is 21.9 Å². The van der Waals surface area contributed by atoms with Crippen molar-refractivity contribution in [1.82, 2.24) is 0 Å². The number of rotatable bonds is 4. The molecule has 3 aromatic carbocycles. The van der Waals surface area contributed by atoms with Crippen molar-refractivity contribution in [3.63, 3.8) is 0 Å². The van der Waals surface area contributed by atoms with Crippen molar-refractivity contribution in [2.45, 2.75) is 18.4 Å². The van der Waals surface area contributed by atoms with Crippen molar-refractivity contribution >= 4 is 33.2 Å². The number of para-hydroxylation sites is 1. The maximum Gasteiger partial charge on any atom is 0.343 e. The third kappa shape index (κ3) is 3.35. The van der Waals surface area contributed by atoms with E-state index in [1.54, 1.807) is 24.3 Å². The number of sulfonamides is 1. The minimum Gasteiger partial charge on any atom is -0.295 e. The van der Waals surface area contributed by atoms with Crippen LogP contribution in [0.4, 0.5) is 20.6 Å². The number of halogens is 1. The molecule has 0 N–H and O–H groups in total. The molecule has 8 heteroatoms. The summed E-state index contributed by atoms with van der Waals surface area (Å²) < 4.78 is 40.8. The summed E-state index contributed by atoms with van der Waals surface area (Å²) >= 11 is 0. The SMILES string of the molecule is CC(=O)c1ccc(N2C(=O)N(Cc3cccc(F)c3)c3ccccc3S2(=O)=O)cc1. The lowest BCUT2D eigenvalue weighted by atomic mass is 10.1. The first-order chi connectivity index (χ1) is 14.3. The molecule has 0 fully saturated rings. The molecule has 0 unspecified atom stereocenters. The highest BCUT2D eigenvalue weighted by atomic mass is 32.2. The molecule has 0 saturated carbocycles. The average molecular weight is 424 g/mol.